The summed E-state index contributed by atoms with van der Waals surface area (Å²) in [6, 6.07) is 8.07. The molecule has 8 nitrogen and oxygen atoms in total. The van der Waals surface area contributed by atoms with E-state index in [1.54, 1.807) is 22.9 Å². The summed E-state index contributed by atoms with van der Waals surface area (Å²) >= 11 is 6.53. The molecule has 9 heteroatoms. The van der Waals surface area contributed by atoms with Gasteiger partial charge in [0.05, 0.1) is 22.6 Å². The Morgan fingerprint density at radius 1 is 1.09 bits per heavy atom. The molecule has 1 fully saturated rings. The smallest absolute Gasteiger partial charge is 0.258 e. The predicted octanol–water partition coefficient (Wildman–Crippen LogP) is 3.68. The third-order valence-corrected chi connectivity index (χ3v) is 6.07. The minimum atomic E-state index is -0.290. The van der Waals surface area contributed by atoms with Gasteiger partial charge in [0.1, 0.15) is 21.8 Å². The molecular formula is C23H24ClN7O. The van der Waals surface area contributed by atoms with Gasteiger partial charge in [-0.25, -0.2) is 4.98 Å². The molecule has 0 spiro atoms. The number of nitrogens with zero attached hydrogens (tertiary/aromatic N) is 5. The summed E-state index contributed by atoms with van der Waals surface area (Å²) < 4.78 is 1.75. The molecule has 0 aliphatic carbocycles. The minimum absolute atomic E-state index is 0.290. The molecule has 1 aliphatic heterocycles. The second-order valence-corrected chi connectivity index (χ2v) is 8.72. The Labute approximate surface area is 190 Å². The summed E-state index contributed by atoms with van der Waals surface area (Å²) in [4.78, 5) is 29.0. The molecule has 32 heavy (non-hydrogen) atoms. The van der Waals surface area contributed by atoms with E-state index in [-0.39, 0.29) is 5.91 Å². The summed E-state index contributed by atoms with van der Waals surface area (Å²) in [5.41, 5.74) is 4.80. The van der Waals surface area contributed by atoms with E-state index in [0.717, 1.165) is 30.1 Å². The number of rotatable bonds is 3. The molecule has 5 rings (SSSR count). The largest absolute Gasteiger partial charge is 0.367 e. The molecule has 2 N–H and O–H groups in total. The first-order valence-electron chi connectivity index (χ1n) is 10.6. The Balaban J connectivity index is 1.51. The molecule has 4 heterocycles. The number of pyridine rings is 1. The summed E-state index contributed by atoms with van der Waals surface area (Å²) in [5.74, 6) is -0.290. The number of benzene rings is 1. The van der Waals surface area contributed by atoms with Crippen molar-refractivity contribution in [3.8, 4) is 0 Å². The topological polar surface area (TPSA) is 87.5 Å². The monoisotopic (exact) mass is 449 g/mol. The normalized spacial score (nSPS) is 18.9. The third-order valence-electron chi connectivity index (χ3n) is 5.68. The number of carbonyl (C=O) groups is 1. The Hall–Kier alpha value is -3.23. The van der Waals surface area contributed by atoms with Crippen LogP contribution in [0.15, 0.2) is 42.9 Å². The van der Waals surface area contributed by atoms with Crippen LogP contribution in [0.2, 0.25) is 5.15 Å². The highest BCUT2D eigenvalue weighted by atomic mass is 35.5. The van der Waals surface area contributed by atoms with E-state index >= 15 is 0 Å². The van der Waals surface area contributed by atoms with Gasteiger partial charge in [-0.1, -0.05) is 11.6 Å². The van der Waals surface area contributed by atoms with Crippen LogP contribution in [0.5, 0.6) is 0 Å². The number of amides is 1. The fourth-order valence-corrected chi connectivity index (χ4v) is 4.68. The number of hydrogen-bond acceptors (Lipinski definition) is 6. The van der Waals surface area contributed by atoms with Crippen molar-refractivity contribution in [2.45, 2.75) is 32.9 Å². The molecule has 1 aliphatic rings. The number of aryl methyl sites for hydroxylation is 1. The fraction of sp³-hybridized carbons (Fsp3) is 0.304. The molecule has 1 amide bonds. The average molecular weight is 450 g/mol. The lowest BCUT2D eigenvalue weighted by Gasteiger charge is -2.38. The first-order valence-corrected chi connectivity index (χ1v) is 11.0. The predicted molar refractivity (Wildman–Crippen MR) is 127 cm³/mol. The Morgan fingerprint density at radius 2 is 1.81 bits per heavy atom. The molecule has 164 valence electrons. The van der Waals surface area contributed by atoms with E-state index in [1.165, 1.54) is 0 Å². The van der Waals surface area contributed by atoms with Crippen LogP contribution in [0.1, 0.15) is 29.9 Å². The standard InChI is InChI=1S/C23H24ClN7O/c1-13-10-30(11-14(2)27-13)18-6-4-16(20-21(18)26-9-8-25-20)23(32)29-17-5-7-19-28-15(3)12-31(19)22(17)24/h4-9,12-14,27H,10-11H2,1-3H3,(H,29,32). The quantitative estimate of drug-likeness (QED) is 0.464. The summed E-state index contributed by atoms with van der Waals surface area (Å²) in [5, 5.41) is 6.86. The molecule has 3 aromatic heterocycles. The van der Waals surface area contributed by atoms with Crippen LogP contribution in [0, 0.1) is 6.92 Å². The number of imidazole rings is 1. The van der Waals surface area contributed by atoms with Crippen molar-refractivity contribution < 1.29 is 4.79 Å². The van der Waals surface area contributed by atoms with Gasteiger partial charge in [-0.3, -0.25) is 19.2 Å². The lowest BCUT2D eigenvalue weighted by molar-refractivity contribution is 0.102. The third kappa shape index (κ3) is 3.65. The molecule has 1 saturated heterocycles. The summed E-state index contributed by atoms with van der Waals surface area (Å²) in [7, 11) is 0. The highest BCUT2D eigenvalue weighted by Gasteiger charge is 2.24. The first kappa shape index (κ1) is 20.7. The SMILES string of the molecule is Cc1cn2c(Cl)c(NC(=O)c3ccc(N4CC(C)NC(C)C4)c4nccnc34)ccc2n1. The molecule has 1 aromatic carbocycles. The van der Waals surface area contributed by atoms with E-state index in [1.807, 2.05) is 31.3 Å². The molecule has 2 unspecified atom stereocenters. The summed E-state index contributed by atoms with van der Waals surface area (Å²) in [6.45, 7) is 7.96. The number of fused-ring (bicyclic) bond motifs is 2. The van der Waals surface area contributed by atoms with Gasteiger partial charge in [0.15, 0.2) is 0 Å². The van der Waals surface area contributed by atoms with Gasteiger partial charge in [0.25, 0.3) is 5.91 Å². The fourth-order valence-electron chi connectivity index (χ4n) is 4.44. The van der Waals surface area contributed by atoms with Gasteiger partial charge in [-0.15, -0.1) is 0 Å². The number of halogens is 1. The van der Waals surface area contributed by atoms with Gasteiger partial charge < -0.3 is 15.5 Å². The second-order valence-electron chi connectivity index (χ2n) is 8.36. The van der Waals surface area contributed by atoms with E-state index in [0.29, 0.717) is 39.5 Å². The van der Waals surface area contributed by atoms with Crippen molar-refractivity contribution in [2.75, 3.05) is 23.3 Å². The van der Waals surface area contributed by atoms with Crippen LogP contribution in [0.4, 0.5) is 11.4 Å². The van der Waals surface area contributed by atoms with E-state index in [9.17, 15) is 4.79 Å². The zero-order valence-electron chi connectivity index (χ0n) is 18.1. The second kappa shape index (κ2) is 8.03. The molecule has 0 saturated carbocycles. The van der Waals surface area contributed by atoms with Gasteiger partial charge in [-0.2, -0.15) is 0 Å². The van der Waals surface area contributed by atoms with Crippen LogP contribution < -0.4 is 15.5 Å². The van der Waals surface area contributed by atoms with Crippen LogP contribution in [-0.4, -0.2) is 50.4 Å². The molecule has 4 aromatic rings. The van der Waals surface area contributed by atoms with Crippen LogP contribution in [0.3, 0.4) is 0 Å². The van der Waals surface area contributed by atoms with Crippen LogP contribution in [0.25, 0.3) is 16.7 Å². The Bertz CT molecular complexity index is 1320. The van der Waals surface area contributed by atoms with Crippen molar-refractivity contribution in [1.29, 1.82) is 0 Å². The number of hydrogen-bond donors (Lipinski definition) is 2. The van der Waals surface area contributed by atoms with Gasteiger partial charge in [0, 0.05) is 43.8 Å². The number of carbonyl (C=O) groups excluding carboxylic acids is 1. The highest BCUT2D eigenvalue weighted by molar-refractivity contribution is 6.33. The minimum Gasteiger partial charge on any atom is -0.367 e. The van der Waals surface area contributed by atoms with Gasteiger partial charge >= 0.3 is 0 Å². The number of nitrogens with one attached hydrogen (secondary N) is 2. The van der Waals surface area contributed by atoms with E-state index < -0.39 is 0 Å². The van der Waals surface area contributed by atoms with Crippen molar-refractivity contribution in [3.05, 3.63) is 59.3 Å². The maximum Gasteiger partial charge on any atom is 0.258 e. The van der Waals surface area contributed by atoms with E-state index in [2.05, 4.69) is 44.3 Å². The Kier molecular flexibility index (Phi) is 5.19. The number of piperazine rings is 1. The highest BCUT2D eigenvalue weighted by Crippen LogP contribution is 2.30. The molecule has 0 radical (unpaired) electrons. The number of aromatic nitrogens is 4. The lowest BCUT2D eigenvalue weighted by Crippen LogP contribution is -2.54. The Morgan fingerprint density at radius 3 is 2.56 bits per heavy atom. The maximum absolute atomic E-state index is 13.2. The van der Waals surface area contributed by atoms with Crippen molar-refractivity contribution in [1.82, 2.24) is 24.7 Å². The maximum atomic E-state index is 13.2. The first-order chi connectivity index (χ1) is 15.4. The molecular weight excluding hydrogens is 426 g/mol. The van der Waals surface area contributed by atoms with Crippen LogP contribution in [-0.2, 0) is 0 Å². The average Bonchev–Trinajstić information content (AvgIpc) is 3.15. The van der Waals surface area contributed by atoms with E-state index in [4.69, 9.17) is 11.6 Å². The summed E-state index contributed by atoms with van der Waals surface area (Å²) in [6.07, 6.45) is 5.10. The molecule has 2 atom stereocenters. The van der Waals surface area contributed by atoms with Gasteiger partial charge in [-0.05, 0) is 45.0 Å². The van der Waals surface area contributed by atoms with Crippen molar-refractivity contribution in [2.24, 2.45) is 0 Å². The van der Waals surface area contributed by atoms with Crippen molar-refractivity contribution in [3.63, 3.8) is 0 Å². The van der Waals surface area contributed by atoms with Crippen LogP contribution >= 0.6 is 11.6 Å². The zero-order chi connectivity index (χ0) is 22.4. The lowest BCUT2D eigenvalue weighted by atomic mass is 10.1. The molecule has 0 bridgehead atoms. The number of anilines is 2. The van der Waals surface area contributed by atoms with Gasteiger partial charge in [0.2, 0.25) is 0 Å². The van der Waals surface area contributed by atoms with Crippen molar-refractivity contribution >= 4 is 45.6 Å². The zero-order valence-corrected chi connectivity index (χ0v) is 18.9.